The summed E-state index contributed by atoms with van der Waals surface area (Å²) >= 11 is 0. The van der Waals surface area contributed by atoms with Crippen LogP contribution in [0.25, 0.3) is 0 Å². The molecule has 1 N–H and O–H groups in total. The van der Waals surface area contributed by atoms with Gasteiger partial charge in [-0.3, -0.25) is 0 Å². The van der Waals surface area contributed by atoms with Crippen LogP contribution in [0.5, 0.6) is 5.75 Å². The molecule has 1 aromatic rings. The molecule has 2 nitrogen and oxygen atoms in total. The highest BCUT2D eigenvalue weighted by atomic mass is 19.1. The Balaban J connectivity index is 1.60. The molecule has 1 saturated heterocycles. The maximum atomic E-state index is 13.1. The van der Waals surface area contributed by atoms with Crippen LogP contribution in [0.2, 0.25) is 0 Å². The van der Waals surface area contributed by atoms with Crippen LogP contribution < -0.4 is 10.1 Å². The Morgan fingerprint density at radius 3 is 3.22 bits per heavy atom. The van der Waals surface area contributed by atoms with E-state index >= 15 is 0 Å². The number of hydrogen-bond donors (Lipinski definition) is 1. The number of rotatable bonds is 2. The molecule has 18 heavy (non-hydrogen) atoms. The Bertz CT molecular complexity index is 413. The van der Waals surface area contributed by atoms with E-state index in [9.17, 15) is 4.39 Å². The van der Waals surface area contributed by atoms with Gasteiger partial charge in [-0.05, 0) is 56.5 Å². The van der Waals surface area contributed by atoms with Gasteiger partial charge in [-0.15, -0.1) is 0 Å². The molecule has 2 unspecified atom stereocenters. The van der Waals surface area contributed by atoms with E-state index in [1.807, 2.05) is 0 Å². The van der Waals surface area contributed by atoms with E-state index in [1.54, 1.807) is 12.1 Å². The summed E-state index contributed by atoms with van der Waals surface area (Å²) in [5.41, 5.74) is 1.03. The summed E-state index contributed by atoms with van der Waals surface area (Å²) in [6, 6.07) is 4.85. The third-order valence-electron chi connectivity index (χ3n) is 4.01. The molecule has 0 radical (unpaired) electrons. The number of benzene rings is 1. The maximum absolute atomic E-state index is 13.1. The van der Waals surface area contributed by atoms with Crippen LogP contribution >= 0.6 is 0 Å². The Morgan fingerprint density at radius 2 is 2.28 bits per heavy atom. The topological polar surface area (TPSA) is 21.3 Å². The van der Waals surface area contributed by atoms with Gasteiger partial charge in [0.2, 0.25) is 0 Å². The number of nitrogens with one attached hydrogen (secondary N) is 1. The van der Waals surface area contributed by atoms with E-state index < -0.39 is 0 Å². The molecular weight excluding hydrogens is 229 g/mol. The van der Waals surface area contributed by atoms with Crippen LogP contribution in [-0.4, -0.2) is 19.2 Å². The van der Waals surface area contributed by atoms with Gasteiger partial charge in [0.25, 0.3) is 0 Å². The SMILES string of the molecule is Fc1ccc2c(c1)CC(CC1CCCCNC1)O2. The zero-order chi connectivity index (χ0) is 12.4. The van der Waals surface area contributed by atoms with Gasteiger partial charge in [0.1, 0.15) is 17.7 Å². The summed E-state index contributed by atoms with van der Waals surface area (Å²) in [7, 11) is 0. The molecule has 0 aromatic heterocycles. The quantitative estimate of drug-likeness (QED) is 0.870. The molecule has 0 spiro atoms. The van der Waals surface area contributed by atoms with Crippen molar-refractivity contribution in [1.29, 1.82) is 0 Å². The first kappa shape index (κ1) is 12.0. The molecule has 0 bridgehead atoms. The second-order valence-electron chi connectivity index (χ2n) is 5.50. The van der Waals surface area contributed by atoms with Crippen molar-refractivity contribution in [2.75, 3.05) is 13.1 Å². The normalized spacial score (nSPS) is 27.4. The highest BCUT2D eigenvalue weighted by Gasteiger charge is 2.26. The van der Waals surface area contributed by atoms with Crippen LogP contribution in [0.4, 0.5) is 4.39 Å². The fraction of sp³-hybridized carbons (Fsp3) is 0.600. The Morgan fingerprint density at radius 1 is 1.33 bits per heavy atom. The summed E-state index contributed by atoms with van der Waals surface area (Å²) in [5, 5.41) is 3.49. The highest BCUT2D eigenvalue weighted by Crippen LogP contribution is 2.32. The standard InChI is InChI=1S/C15H20FNO/c16-13-4-5-15-12(8-13)9-14(18-15)7-11-3-1-2-6-17-10-11/h4-5,8,11,14,17H,1-3,6-7,9-10H2. The fourth-order valence-electron chi connectivity index (χ4n) is 3.08. The molecule has 98 valence electrons. The zero-order valence-electron chi connectivity index (χ0n) is 10.6. The Kier molecular flexibility index (Phi) is 3.50. The van der Waals surface area contributed by atoms with Gasteiger partial charge in [0.15, 0.2) is 0 Å². The van der Waals surface area contributed by atoms with E-state index in [0.717, 1.165) is 37.2 Å². The minimum Gasteiger partial charge on any atom is -0.490 e. The largest absolute Gasteiger partial charge is 0.490 e. The van der Waals surface area contributed by atoms with Gasteiger partial charge in [0, 0.05) is 12.0 Å². The van der Waals surface area contributed by atoms with Crippen LogP contribution in [0.15, 0.2) is 18.2 Å². The molecule has 2 aliphatic heterocycles. The predicted octanol–water partition coefficient (Wildman–Crippen LogP) is 2.91. The molecule has 2 aliphatic rings. The maximum Gasteiger partial charge on any atom is 0.123 e. The number of hydrogen-bond acceptors (Lipinski definition) is 2. The van der Waals surface area contributed by atoms with Crippen molar-refractivity contribution in [3.63, 3.8) is 0 Å². The van der Waals surface area contributed by atoms with Crippen LogP contribution in [0.3, 0.4) is 0 Å². The molecule has 1 fully saturated rings. The minimum atomic E-state index is -0.158. The van der Waals surface area contributed by atoms with Gasteiger partial charge in [-0.1, -0.05) is 6.42 Å². The molecular formula is C15H20FNO. The average molecular weight is 249 g/mol. The lowest BCUT2D eigenvalue weighted by molar-refractivity contribution is 0.190. The van der Waals surface area contributed by atoms with E-state index in [4.69, 9.17) is 4.74 Å². The second-order valence-corrected chi connectivity index (χ2v) is 5.50. The first-order valence-electron chi connectivity index (χ1n) is 6.97. The van der Waals surface area contributed by atoms with E-state index in [0.29, 0.717) is 5.92 Å². The number of ether oxygens (including phenoxy) is 1. The molecule has 2 atom stereocenters. The summed E-state index contributed by atoms with van der Waals surface area (Å²) in [6.45, 7) is 2.25. The molecule has 0 aliphatic carbocycles. The third kappa shape index (κ3) is 2.66. The summed E-state index contributed by atoms with van der Waals surface area (Å²) in [6.07, 6.45) is 6.08. The molecule has 0 saturated carbocycles. The Labute approximate surface area is 108 Å². The predicted molar refractivity (Wildman–Crippen MR) is 69.3 cm³/mol. The van der Waals surface area contributed by atoms with E-state index in [2.05, 4.69) is 5.32 Å². The van der Waals surface area contributed by atoms with Gasteiger partial charge in [0.05, 0.1) is 0 Å². The second kappa shape index (κ2) is 5.27. The molecule has 3 rings (SSSR count). The lowest BCUT2D eigenvalue weighted by Crippen LogP contribution is -2.25. The van der Waals surface area contributed by atoms with Crippen molar-refractivity contribution in [3.8, 4) is 5.75 Å². The van der Waals surface area contributed by atoms with E-state index in [-0.39, 0.29) is 11.9 Å². The third-order valence-corrected chi connectivity index (χ3v) is 4.01. The summed E-state index contributed by atoms with van der Waals surface area (Å²) in [4.78, 5) is 0. The van der Waals surface area contributed by atoms with E-state index in [1.165, 1.54) is 25.3 Å². The van der Waals surface area contributed by atoms with Gasteiger partial charge >= 0.3 is 0 Å². The van der Waals surface area contributed by atoms with Crippen molar-refractivity contribution in [2.45, 2.75) is 38.2 Å². The van der Waals surface area contributed by atoms with Crippen molar-refractivity contribution in [1.82, 2.24) is 5.32 Å². The average Bonchev–Trinajstić information content (AvgIpc) is 2.57. The van der Waals surface area contributed by atoms with Gasteiger partial charge < -0.3 is 10.1 Å². The molecule has 2 heterocycles. The zero-order valence-corrected chi connectivity index (χ0v) is 10.6. The first-order chi connectivity index (χ1) is 8.81. The molecule has 0 amide bonds. The van der Waals surface area contributed by atoms with Gasteiger partial charge in [-0.2, -0.15) is 0 Å². The number of halogens is 1. The summed E-state index contributed by atoms with van der Waals surface area (Å²) in [5.74, 6) is 1.42. The monoisotopic (exact) mass is 249 g/mol. The number of fused-ring (bicyclic) bond motifs is 1. The highest BCUT2D eigenvalue weighted by molar-refractivity contribution is 5.37. The summed E-state index contributed by atoms with van der Waals surface area (Å²) < 4.78 is 19.0. The lowest BCUT2D eigenvalue weighted by Gasteiger charge is -2.18. The van der Waals surface area contributed by atoms with Crippen molar-refractivity contribution in [3.05, 3.63) is 29.6 Å². The van der Waals surface area contributed by atoms with Crippen LogP contribution in [0, 0.1) is 11.7 Å². The van der Waals surface area contributed by atoms with Crippen LogP contribution in [0.1, 0.15) is 31.2 Å². The van der Waals surface area contributed by atoms with Crippen molar-refractivity contribution < 1.29 is 9.13 Å². The molecule has 1 aromatic carbocycles. The smallest absolute Gasteiger partial charge is 0.123 e. The minimum absolute atomic E-state index is 0.158. The Hall–Kier alpha value is -1.09. The molecule has 3 heteroatoms. The van der Waals surface area contributed by atoms with Crippen molar-refractivity contribution in [2.24, 2.45) is 5.92 Å². The van der Waals surface area contributed by atoms with Crippen molar-refractivity contribution >= 4 is 0 Å². The fourth-order valence-corrected chi connectivity index (χ4v) is 3.08. The van der Waals surface area contributed by atoms with Gasteiger partial charge in [-0.25, -0.2) is 4.39 Å². The lowest BCUT2D eigenvalue weighted by atomic mass is 9.94. The van der Waals surface area contributed by atoms with Crippen LogP contribution in [-0.2, 0) is 6.42 Å². The first-order valence-corrected chi connectivity index (χ1v) is 6.97.